The van der Waals surface area contributed by atoms with E-state index < -0.39 is 12.0 Å². The molecule has 0 radical (unpaired) electrons. The first-order valence-corrected chi connectivity index (χ1v) is 10.0. The van der Waals surface area contributed by atoms with Crippen molar-refractivity contribution in [1.82, 2.24) is 5.43 Å². The van der Waals surface area contributed by atoms with Gasteiger partial charge in [-0.25, -0.2) is 5.43 Å². The normalized spacial score (nSPS) is 12.2. The van der Waals surface area contributed by atoms with Gasteiger partial charge in [-0.15, -0.1) is 0 Å². The number of nitrogens with zero attached hydrogens (tertiary/aromatic N) is 1. The molecule has 0 saturated heterocycles. The van der Waals surface area contributed by atoms with E-state index in [2.05, 4.69) is 15.8 Å². The van der Waals surface area contributed by atoms with E-state index in [4.69, 9.17) is 23.2 Å². The molecule has 31 heavy (non-hydrogen) atoms. The highest BCUT2D eigenvalue weighted by Crippen LogP contribution is 2.22. The molecule has 0 bridgehead atoms. The topological polar surface area (TPSA) is 90.8 Å². The third-order valence-electron chi connectivity index (χ3n) is 4.43. The molecule has 0 aromatic heterocycles. The van der Waals surface area contributed by atoms with Crippen molar-refractivity contribution in [3.8, 4) is 0 Å². The number of carbonyl (C=O) groups excluding carboxylic acids is 2. The van der Waals surface area contributed by atoms with E-state index in [1.807, 2.05) is 0 Å². The lowest BCUT2D eigenvalue weighted by Gasteiger charge is -2.10. The van der Waals surface area contributed by atoms with Gasteiger partial charge in [-0.05, 0) is 48.4 Å². The summed E-state index contributed by atoms with van der Waals surface area (Å²) in [4.78, 5) is 24.5. The molecule has 3 aromatic carbocycles. The molecule has 3 aromatic rings. The van der Waals surface area contributed by atoms with E-state index in [9.17, 15) is 14.7 Å². The number of amides is 2. The van der Waals surface area contributed by atoms with Crippen LogP contribution in [0.15, 0.2) is 77.9 Å². The molecule has 0 spiro atoms. The summed E-state index contributed by atoms with van der Waals surface area (Å²) in [6, 6.07) is 20.1. The van der Waals surface area contributed by atoms with Gasteiger partial charge in [-0.2, -0.15) is 5.10 Å². The van der Waals surface area contributed by atoms with Crippen LogP contribution in [0.25, 0.3) is 0 Å². The van der Waals surface area contributed by atoms with E-state index >= 15 is 0 Å². The van der Waals surface area contributed by atoms with Crippen LogP contribution in [0.3, 0.4) is 0 Å². The summed E-state index contributed by atoms with van der Waals surface area (Å²) >= 11 is 11.9. The SMILES string of the molecule is C/C(=N\NC(=O)C(O)c1ccccc1)c1ccc(NC(=O)c2ccc(Cl)cc2Cl)cc1. The first-order chi connectivity index (χ1) is 14.8. The van der Waals surface area contributed by atoms with Crippen molar-refractivity contribution < 1.29 is 14.7 Å². The van der Waals surface area contributed by atoms with Gasteiger partial charge < -0.3 is 10.4 Å². The van der Waals surface area contributed by atoms with Crippen molar-refractivity contribution in [2.45, 2.75) is 13.0 Å². The van der Waals surface area contributed by atoms with Crippen LogP contribution in [0.1, 0.15) is 34.5 Å². The van der Waals surface area contributed by atoms with Crippen molar-refractivity contribution in [3.05, 3.63) is 99.5 Å². The molecule has 2 amide bonds. The van der Waals surface area contributed by atoms with Gasteiger partial charge in [0.05, 0.1) is 16.3 Å². The molecule has 3 rings (SSSR count). The van der Waals surface area contributed by atoms with Gasteiger partial charge in [0.25, 0.3) is 11.8 Å². The van der Waals surface area contributed by atoms with Crippen LogP contribution in [0.5, 0.6) is 0 Å². The summed E-state index contributed by atoms with van der Waals surface area (Å²) in [7, 11) is 0. The van der Waals surface area contributed by atoms with Gasteiger partial charge in [0.2, 0.25) is 0 Å². The average molecular weight is 456 g/mol. The maximum absolute atomic E-state index is 12.4. The number of aliphatic hydroxyl groups is 1. The largest absolute Gasteiger partial charge is 0.378 e. The van der Waals surface area contributed by atoms with Crippen molar-refractivity contribution in [2.75, 3.05) is 5.32 Å². The number of rotatable bonds is 6. The van der Waals surface area contributed by atoms with Crippen molar-refractivity contribution in [2.24, 2.45) is 5.10 Å². The number of hydrogen-bond acceptors (Lipinski definition) is 4. The number of hydrazone groups is 1. The minimum atomic E-state index is -1.31. The number of nitrogens with one attached hydrogen (secondary N) is 2. The van der Waals surface area contributed by atoms with Gasteiger partial charge in [-0.3, -0.25) is 9.59 Å². The molecule has 0 aliphatic carbocycles. The van der Waals surface area contributed by atoms with E-state index in [-0.39, 0.29) is 10.9 Å². The highest BCUT2D eigenvalue weighted by atomic mass is 35.5. The fourth-order valence-electron chi connectivity index (χ4n) is 2.72. The molecule has 6 nitrogen and oxygen atoms in total. The monoisotopic (exact) mass is 455 g/mol. The third-order valence-corrected chi connectivity index (χ3v) is 4.98. The van der Waals surface area contributed by atoms with Crippen LogP contribution in [-0.2, 0) is 4.79 Å². The molecule has 0 aliphatic heterocycles. The smallest absolute Gasteiger partial charge is 0.273 e. The second kappa shape index (κ2) is 10.2. The average Bonchev–Trinajstić information content (AvgIpc) is 2.77. The molecular formula is C23H19Cl2N3O3. The zero-order valence-corrected chi connectivity index (χ0v) is 18.0. The molecule has 3 N–H and O–H groups in total. The number of halogens is 2. The molecule has 0 aliphatic rings. The van der Waals surface area contributed by atoms with Gasteiger partial charge in [-0.1, -0.05) is 65.7 Å². The third kappa shape index (κ3) is 5.92. The van der Waals surface area contributed by atoms with E-state index in [0.717, 1.165) is 5.56 Å². The number of aliphatic hydroxyl groups excluding tert-OH is 1. The molecule has 158 valence electrons. The fraction of sp³-hybridized carbons (Fsp3) is 0.0870. The number of hydrogen-bond donors (Lipinski definition) is 3. The lowest BCUT2D eigenvalue weighted by molar-refractivity contribution is -0.129. The minimum absolute atomic E-state index is 0.262. The molecule has 1 atom stereocenters. The second-order valence-electron chi connectivity index (χ2n) is 6.64. The summed E-state index contributed by atoms with van der Waals surface area (Å²) in [5, 5.41) is 17.6. The number of benzene rings is 3. The lowest BCUT2D eigenvalue weighted by atomic mass is 10.1. The Morgan fingerprint density at radius 1 is 0.968 bits per heavy atom. The zero-order chi connectivity index (χ0) is 22.4. The van der Waals surface area contributed by atoms with Crippen LogP contribution in [0.4, 0.5) is 5.69 Å². The molecule has 0 heterocycles. The van der Waals surface area contributed by atoms with Crippen molar-refractivity contribution >= 4 is 46.4 Å². The summed E-state index contributed by atoms with van der Waals surface area (Å²) in [6.07, 6.45) is -1.31. The zero-order valence-electron chi connectivity index (χ0n) is 16.5. The highest BCUT2D eigenvalue weighted by molar-refractivity contribution is 6.37. The number of anilines is 1. The quantitative estimate of drug-likeness (QED) is 0.367. The van der Waals surface area contributed by atoms with E-state index in [1.165, 1.54) is 6.07 Å². The Hall–Kier alpha value is -3.19. The Kier molecular flexibility index (Phi) is 7.41. The predicted octanol–water partition coefficient (Wildman–Crippen LogP) is 4.82. The van der Waals surface area contributed by atoms with Crippen LogP contribution in [0, 0.1) is 0 Å². The van der Waals surface area contributed by atoms with Gasteiger partial charge in [0.1, 0.15) is 0 Å². The Balaban J connectivity index is 1.62. The molecule has 8 heteroatoms. The Labute approximate surface area is 189 Å². The summed E-state index contributed by atoms with van der Waals surface area (Å²) < 4.78 is 0. The summed E-state index contributed by atoms with van der Waals surface area (Å²) in [5.41, 5.74) is 4.99. The Morgan fingerprint density at radius 3 is 2.29 bits per heavy atom. The van der Waals surface area contributed by atoms with Crippen LogP contribution < -0.4 is 10.7 Å². The lowest BCUT2D eigenvalue weighted by Crippen LogP contribution is -2.26. The first-order valence-electron chi connectivity index (χ1n) is 9.29. The van der Waals surface area contributed by atoms with Gasteiger partial charge in [0, 0.05) is 10.7 Å². The standard InChI is InChI=1S/C23H19Cl2N3O3/c1-14(27-28-23(31)21(29)16-5-3-2-4-6-16)15-7-10-18(11-8-15)26-22(30)19-12-9-17(24)13-20(19)25/h2-13,21,29H,1H3,(H,26,30)(H,28,31)/b27-14+. The van der Waals surface area contributed by atoms with Crippen molar-refractivity contribution in [3.63, 3.8) is 0 Å². The Bertz CT molecular complexity index is 1120. The van der Waals surface area contributed by atoms with Crippen LogP contribution in [0.2, 0.25) is 10.0 Å². The fourth-order valence-corrected chi connectivity index (χ4v) is 3.21. The van der Waals surface area contributed by atoms with Gasteiger partial charge in [0.15, 0.2) is 6.10 Å². The van der Waals surface area contributed by atoms with Crippen LogP contribution in [-0.4, -0.2) is 22.6 Å². The second-order valence-corrected chi connectivity index (χ2v) is 7.49. The highest BCUT2D eigenvalue weighted by Gasteiger charge is 2.16. The van der Waals surface area contributed by atoms with E-state index in [1.54, 1.807) is 73.7 Å². The number of carbonyl (C=O) groups is 2. The summed E-state index contributed by atoms with van der Waals surface area (Å²) in [5.74, 6) is -0.990. The van der Waals surface area contributed by atoms with Crippen LogP contribution >= 0.6 is 23.2 Å². The first kappa shape index (κ1) is 22.5. The summed E-state index contributed by atoms with van der Waals surface area (Å²) in [6.45, 7) is 1.72. The molecular weight excluding hydrogens is 437 g/mol. The Morgan fingerprint density at radius 2 is 1.65 bits per heavy atom. The van der Waals surface area contributed by atoms with E-state index in [0.29, 0.717) is 27.5 Å². The minimum Gasteiger partial charge on any atom is -0.378 e. The molecule has 0 saturated carbocycles. The molecule has 0 fully saturated rings. The predicted molar refractivity (Wildman–Crippen MR) is 123 cm³/mol. The van der Waals surface area contributed by atoms with Crippen molar-refractivity contribution in [1.29, 1.82) is 0 Å². The maximum atomic E-state index is 12.4. The molecule has 1 unspecified atom stereocenters. The maximum Gasteiger partial charge on any atom is 0.273 e. The van der Waals surface area contributed by atoms with Gasteiger partial charge >= 0.3 is 0 Å².